The Balaban J connectivity index is 2.62. The van der Waals surface area contributed by atoms with E-state index in [1.807, 2.05) is 0 Å². The topological polar surface area (TPSA) is 68.7 Å². The van der Waals surface area contributed by atoms with E-state index in [4.69, 9.17) is 21.1 Å². The molecule has 0 amide bonds. The van der Waals surface area contributed by atoms with Crippen LogP contribution in [0.25, 0.3) is 0 Å². The second-order valence-electron chi connectivity index (χ2n) is 5.50. The van der Waals surface area contributed by atoms with Crippen molar-refractivity contribution < 1.29 is 31.1 Å². The largest absolute Gasteiger partial charge is 0.417 e. The van der Waals surface area contributed by atoms with Crippen molar-refractivity contribution in [2.24, 2.45) is 0 Å². The van der Waals surface area contributed by atoms with E-state index in [2.05, 4.69) is 20.9 Å². The molecule has 0 saturated heterocycles. The van der Waals surface area contributed by atoms with Gasteiger partial charge < -0.3 is 9.47 Å². The molecule has 0 aliphatic heterocycles. The van der Waals surface area contributed by atoms with E-state index in [9.17, 15) is 21.6 Å². The van der Waals surface area contributed by atoms with Gasteiger partial charge in [-0.1, -0.05) is 11.6 Å². The van der Waals surface area contributed by atoms with Crippen molar-refractivity contribution in [3.8, 4) is 0 Å². The lowest BCUT2D eigenvalue weighted by Gasteiger charge is -2.25. The number of hydrogen-bond acceptors (Lipinski definition) is 5. The molecule has 0 saturated carbocycles. The lowest BCUT2D eigenvalue weighted by atomic mass is 10.2. The molecular weight excluding hydrogens is 489 g/mol. The molecule has 0 unspecified atom stereocenters. The summed E-state index contributed by atoms with van der Waals surface area (Å²) < 4.78 is 76.5. The number of anilines is 1. The van der Waals surface area contributed by atoms with Gasteiger partial charge in [0.05, 0.1) is 27.8 Å². The molecule has 2 rings (SSSR count). The van der Waals surface area contributed by atoms with Crippen LogP contribution in [0.5, 0.6) is 0 Å². The monoisotopic (exact) mass is 502 g/mol. The summed E-state index contributed by atoms with van der Waals surface area (Å²) in [6.07, 6.45) is -3.34. The molecule has 6 nitrogen and oxygen atoms in total. The molecule has 0 aliphatic carbocycles. The summed E-state index contributed by atoms with van der Waals surface area (Å²) in [7, 11) is -1.72. The smallest absolute Gasteiger partial charge is 0.380 e. The number of hydrogen-bond donors (Lipinski definition) is 0. The molecular formula is C16H15BrClF3N2O4S. The van der Waals surface area contributed by atoms with Crippen LogP contribution < -0.4 is 4.31 Å². The van der Waals surface area contributed by atoms with Crippen molar-refractivity contribution in [1.82, 2.24) is 4.98 Å². The van der Waals surface area contributed by atoms with Crippen molar-refractivity contribution in [2.75, 3.05) is 25.3 Å². The maximum Gasteiger partial charge on any atom is 0.417 e. The van der Waals surface area contributed by atoms with E-state index in [0.717, 1.165) is 16.4 Å². The van der Waals surface area contributed by atoms with Gasteiger partial charge >= 0.3 is 6.18 Å². The molecule has 0 radical (unpaired) electrons. The van der Waals surface area contributed by atoms with Crippen LogP contribution in [0.2, 0.25) is 5.02 Å². The molecule has 2 aromatic rings. The van der Waals surface area contributed by atoms with Gasteiger partial charge in [0.2, 0.25) is 0 Å². The lowest BCUT2D eigenvalue weighted by Crippen LogP contribution is -2.33. The van der Waals surface area contributed by atoms with E-state index in [1.165, 1.54) is 26.5 Å². The van der Waals surface area contributed by atoms with Crippen LogP contribution in [0.3, 0.4) is 0 Å². The summed E-state index contributed by atoms with van der Waals surface area (Å²) in [6.45, 7) is -0.295. The first-order valence-corrected chi connectivity index (χ1v) is 10.1. The molecule has 0 bridgehead atoms. The fourth-order valence-corrected chi connectivity index (χ4v) is 4.47. The average molecular weight is 504 g/mol. The van der Waals surface area contributed by atoms with Gasteiger partial charge in [0.15, 0.2) is 0 Å². The summed E-state index contributed by atoms with van der Waals surface area (Å²) in [5, 5.41) is -0.602. The van der Waals surface area contributed by atoms with Crippen molar-refractivity contribution in [3.05, 3.63) is 51.2 Å². The summed E-state index contributed by atoms with van der Waals surface area (Å²) >= 11 is 8.75. The molecule has 1 aromatic carbocycles. The Morgan fingerprint density at radius 3 is 2.46 bits per heavy atom. The average Bonchev–Trinajstić information content (AvgIpc) is 2.61. The van der Waals surface area contributed by atoms with Crippen LogP contribution in [0.1, 0.15) is 11.1 Å². The Morgan fingerprint density at radius 2 is 1.89 bits per heavy atom. The third-order valence-corrected chi connectivity index (χ3v) is 6.21. The Labute approximate surface area is 173 Å². The van der Waals surface area contributed by atoms with Crippen molar-refractivity contribution in [2.45, 2.75) is 17.7 Å². The molecule has 1 heterocycles. The summed E-state index contributed by atoms with van der Waals surface area (Å²) in [5.74, 6) is 0. The van der Waals surface area contributed by atoms with E-state index in [0.29, 0.717) is 11.6 Å². The first-order valence-electron chi connectivity index (χ1n) is 7.54. The zero-order valence-electron chi connectivity index (χ0n) is 14.6. The van der Waals surface area contributed by atoms with Gasteiger partial charge in [0.25, 0.3) is 10.0 Å². The predicted molar refractivity (Wildman–Crippen MR) is 101 cm³/mol. The quantitative estimate of drug-likeness (QED) is 0.412. The molecule has 0 N–H and O–H groups in total. The Kier molecular flexibility index (Phi) is 7.32. The van der Waals surface area contributed by atoms with E-state index in [-0.39, 0.29) is 16.9 Å². The minimum atomic E-state index is -4.81. The van der Waals surface area contributed by atoms with Crippen LogP contribution in [0, 0.1) is 0 Å². The number of sulfonamides is 1. The Hall–Kier alpha value is -1.40. The number of pyridine rings is 1. The van der Waals surface area contributed by atoms with Crippen LogP contribution in [-0.4, -0.2) is 34.4 Å². The SMILES string of the molecule is COCc1cnc(Br)c(N(COC)S(=O)(=O)c2ccc(Cl)c(C(F)(F)F)c2)c1. The van der Waals surface area contributed by atoms with Crippen molar-refractivity contribution in [1.29, 1.82) is 0 Å². The second-order valence-corrected chi connectivity index (χ2v) is 8.52. The van der Waals surface area contributed by atoms with Gasteiger partial charge in [-0.3, -0.25) is 0 Å². The van der Waals surface area contributed by atoms with Gasteiger partial charge in [0, 0.05) is 20.4 Å². The number of benzene rings is 1. The predicted octanol–water partition coefficient (Wildman–Crippen LogP) is 4.46. The maximum absolute atomic E-state index is 13.1. The highest BCUT2D eigenvalue weighted by Gasteiger charge is 2.36. The molecule has 1 aromatic heterocycles. The highest BCUT2D eigenvalue weighted by molar-refractivity contribution is 9.10. The lowest BCUT2D eigenvalue weighted by molar-refractivity contribution is -0.137. The zero-order valence-corrected chi connectivity index (χ0v) is 17.8. The number of aromatic nitrogens is 1. The minimum absolute atomic E-state index is 0.0832. The van der Waals surface area contributed by atoms with Crippen LogP contribution in [0.15, 0.2) is 40.0 Å². The van der Waals surface area contributed by atoms with Gasteiger partial charge in [0.1, 0.15) is 11.3 Å². The first kappa shape index (κ1) is 22.9. The summed E-state index contributed by atoms with van der Waals surface area (Å²) in [4.78, 5) is 3.46. The highest BCUT2D eigenvalue weighted by atomic mass is 79.9. The summed E-state index contributed by atoms with van der Waals surface area (Å²) in [5.41, 5.74) is -0.609. The van der Waals surface area contributed by atoms with E-state index in [1.54, 1.807) is 0 Å². The number of ether oxygens (including phenoxy) is 2. The third-order valence-electron chi connectivity index (χ3n) is 3.53. The highest BCUT2D eigenvalue weighted by Crippen LogP contribution is 2.37. The Morgan fingerprint density at radius 1 is 1.21 bits per heavy atom. The van der Waals surface area contributed by atoms with Gasteiger partial charge in [-0.05, 0) is 45.8 Å². The standard InChI is InChI=1S/C16H15BrClF3N2O4S/c1-26-8-10-5-14(15(17)22-7-10)23(9-27-2)28(24,25)11-3-4-13(18)12(6-11)16(19,20)21/h3-7H,8-9H2,1-2H3. The number of methoxy groups -OCH3 is 2. The molecule has 12 heteroatoms. The first-order chi connectivity index (χ1) is 13.0. The van der Waals surface area contributed by atoms with Gasteiger partial charge in [-0.2, -0.15) is 13.2 Å². The van der Waals surface area contributed by atoms with Gasteiger partial charge in [-0.25, -0.2) is 17.7 Å². The molecule has 0 spiro atoms. The molecule has 28 heavy (non-hydrogen) atoms. The van der Waals surface area contributed by atoms with Crippen molar-refractivity contribution >= 4 is 43.2 Å². The third kappa shape index (κ3) is 4.95. The molecule has 154 valence electrons. The molecule has 0 aliphatic rings. The van der Waals surface area contributed by atoms with Crippen molar-refractivity contribution in [3.63, 3.8) is 0 Å². The summed E-state index contributed by atoms with van der Waals surface area (Å²) in [6, 6.07) is 3.85. The van der Waals surface area contributed by atoms with Gasteiger partial charge in [-0.15, -0.1) is 0 Å². The van der Waals surface area contributed by atoms with Crippen LogP contribution >= 0.6 is 27.5 Å². The number of rotatable bonds is 7. The Bertz CT molecular complexity index is 957. The number of alkyl halides is 3. The van der Waals surface area contributed by atoms with Crippen LogP contribution in [0.4, 0.5) is 18.9 Å². The molecule has 0 atom stereocenters. The normalized spacial score (nSPS) is 12.2. The second kappa shape index (κ2) is 8.95. The fraction of sp³-hybridized carbons (Fsp3) is 0.312. The fourth-order valence-electron chi connectivity index (χ4n) is 2.29. The maximum atomic E-state index is 13.1. The van der Waals surface area contributed by atoms with E-state index < -0.39 is 38.4 Å². The minimum Gasteiger partial charge on any atom is -0.380 e. The molecule has 0 fully saturated rings. The number of halogens is 5. The van der Waals surface area contributed by atoms with E-state index >= 15 is 0 Å². The zero-order chi connectivity index (χ0) is 21.1. The number of nitrogens with zero attached hydrogens (tertiary/aromatic N) is 2. The van der Waals surface area contributed by atoms with Crippen LogP contribution in [-0.2, 0) is 32.3 Å².